The van der Waals surface area contributed by atoms with Gasteiger partial charge in [-0.25, -0.2) is 9.59 Å². The molecule has 1 fully saturated rings. The van der Waals surface area contributed by atoms with Gasteiger partial charge >= 0.3 is 12.1 Å². The van der Waals surface area contributed by atoms with Crippen LogP contribution in [0.3, 0.4) is 0 Å². The molecule has 0 bridgehead atoms. The van der Waals surface area contributed by atoms with E-state index in [2.05, 4.69) is 5.10 Å². The molecule has 7 heteroatoms. The standard InChI is InChI=1S/C10H14N4O3/c1-8-6-11-14(7-8)9(15)12-2-4-13(5-3-12)10(16)17/h6-7H,2-5H2,1H3,(H,16,17). The monoisotopic (exact) mass is 238 g/mol. The highest BCUT2D eigenvalue weighted by Gasteiger charge is 2.24. The van der Waals surface area contributed by atoms with Crippen LogP contribution in [-0.2, 0) is 0 Å². The highest BCUT2D eigenvalue weighted by Crippen LogP contribution is 2.05. The summed E-state index contributed by atoms with van der Waals surface area (Å²) < 4.78 is 1.28. The number of carboxylic acid groups (broad SMARTS) is 1. The lowest BCUT2D eigenvalue weighted by molar-refractivity contribution is 0.111. The van der Waals surface area contributed by atoms with Crippen molar-refractivity contribution in [3.05, 3.63) is 18.0 Å². The van der Waals surface area contributed by atoms with Crippen LogP contribution in [0.25, 0.3) is 0 Å². The Morgan fingerprint density at radius 3 is 2.29 bits per heavy atom. The number of carbonyl (C=O) groups excluding carboxylic acids is 1. The van der Waals surface area contributed by atoms with Gasteiger partial charge in [0, 0.05) is 32.4 Å². The molecule has 2 rings (SSSR count). The summed E-state index contributed by atoms with van der Waals surface area (Å²) in [5, 5.41) is 12.7. The van der Waals surface area contributed by atoms with Crippen molar-refractivity contribution < 1.29 is 14.7 Å². The Bertz CT molecular complexity index is 435. The van der Waals surface area contributed by atoms with Gasteiger partial charge in [-0.05, 0) is 12.5 Å². The minimum absolute atomic E-state index is 0.205. The van der Waals surface area contributed by atoms with Gasteiger partial charge < -0.3 is 14.9 Å². The minimum atomic E-state index is -0.938. The van der Waals surface area contributed by atoms with Crippen LogP contribution in [0.5, 0.6) is 0 Å². The summed E-state index contributed by atoms with van der Waals surface area (Å²) in [5.41, 5.74) is 0.919. The molecular formula is C10H14N4O3. The van der Waals surface area contributed by atoms with Gasteiger partial charge in [-0.3, -0.25) is 0 Å². The highest BCUT2D eigenvalue weighted by atomic mass is 16.4. The molecule has 1 N–H and O–H groups in total. The molecule has 2 heterocycles. The molecule has 0 aliphatic carbocycles. The van der Waals surface area contributed by atoms with Crippen LogP contribution in [0, 0.1) is 6.92 Å². The van der Waals surface area contributed by atoms with Crippen molar-refractivity contribution in [3.63, 3.8) is 0 Å². The van der Waals surface area contributed by atoms with E-state index in [-0.39, 0.29) is 6.03 Å². The van der Waals surface area contributed by atoms with E-state index in [9.17, 15) is 9.59 Å². The maximum Gasteiger partial charge on any atom is 0.407 e. The predicted molar refractivity (Wildman–Crippen MR) is 58.9 cm³/mol. The third-order valence-electron chi connectivity index (χ3n) is 2.73. The summed E-state index contributed by atoms with van der Waals surface area (Å²) in [6, 6.07) is -0.205. The Kier molecular flexibility index (Phi) is 2.99. The summed E-state index contributed by atoms with van der Waals surface area (Å²) in [5.74, 6) is 0. The van der Waals surface area contributed by atoms with Crippen LogP contribution >= 0.6 is 0 Å². The van der Waals surface area contributed by atoms with Crippen LogP contribution < -0.4 is 0 Å². The maximum atomic E-state index is 12.0. The minimum Gasteiger partial charge on any atom is -0.465 e. The summed E-state index contributed by atoms with van der Waals surface area (Å²) in [4.78, 5) is 25.6. The lowest BCUT2D eigenvalue weighted by Crippen LogP contribution is -2.51. The van der Waals surface area contributed by atoms with Crippen LogP contribution in [0.4, 0.5) is 9.59 Å². The number of nitrogens with zero attached hydrogens (tertiary/aromatic N) is 4. The summed E-state index contributed by atoms with van der Waals surface area (Å²) >= 11 is 0. The molecule has 0 unspecified atom stereocenters. The second-order valence-electron chi connectivity index (χ2n) is 4.00. The smallest absolute Gasteiger partial charge is 0.407 e. The van der Waals surface area contributed by atoms with Crippen molar-refractivity contribution in [2.24, 2.45) is 0 Å². The molecule has 2 amide bonds. The Labute approximate surface area is 98.2 Å². The fourth-order valence-electron chi connectivity index (χ4n) is 1.75. The molecule has 1 saturated heterocycles. The molecular weight excluding hydrogens is 224 g/mol. The zero-order valence-corrected chi connectivity index (χ0v) is 9.54. The molecule has 92 valence electrons. The number of amides is 2. The molecule has 17 heavy (non-hydrogen) atoms. The molecule has 7 nitrogen and oxygen atoms in total. The molecule has 1 aromatic rings. The van der Waals surface area contributed by atoms with Crippen molar-refractivity contribution in [1.29, 1.82) is 0 Å². The third-order valence-corrected chi connectivity index (χ3v) is 2.73. The van der Waals surface area contributed by atoms with Crippen LogP contribution in [0.1, 0.15) is 5.56 Å². The Balaban J connectivity index is 1.97. The van der Waals surface area contributed by atoms with Crippen LogP contribution in [-0.4, -0.2) is 63.0 Å². The maximum absolute atomic E-state index is 12.0. The second-order valence-corrected chi connectivity index (χ2v) is 4.00. The van der Waals surface area contributed by atoms with E-state index in [1.54, 1.807) is 17.3 Å². The van der Waals surface area contributed by atoms with Crippen molar-refractivity contribution in [1.82, 2.24) is 19.6 Å². The van der Waals surface area contributed by atoms with Gasteiger partial charge in [-0.15, -0.1) is 0 Å². The van der Waals surface area contributed by atoms with Crippen LogP contribution in [0.15, 0.2) is 12.4 Å². The van der Waals surface area contributed by atoms with E-state index in [0.717, 1.165) is 5.56 Å². The van der Waals surface area contributed by atoms with E-state index in [1.807, 2.05) is 6.92 Å². The van der Waals surface area contributed by atoms with E-state index in [4.69, 9.17) is 5.11 Å². The number of carbonyl (C=O) groups is 2. The predicted octanol–water partition coefficient (Wildman–Crippen LogP) is 0.455. The SMILES string of the molecule is Cc1cnn(C(=O)N2CCN(C(=O)O)CC2)c1. The fourth-order valence-corrected chi connectivity index (χ4v) is 1.75. The largest absolute Gasteiger partial charge is 0.465 e. The Hall–Kier alpha value is -2.05. The quantitative estimate of drug-likeness (QED) is 0.712. The van der Waals surface area contributed by atoms with Crippen LogP contribution in [0.2, 0.25) is 0 Å². The second kappa shape index (κ2) is 4.44. The van der Waals surface area contributed by atoms with Gasteiger partial charge in [-0.2, -0.15) is 9.78 Å². The number of piperazine rings is 1. The molecule has 0 aromatic carbocycles. The van der Waals surface area contributed by atoms with Crippen molar-refractivity contribution >= 4 is 12.1 Å². The molecule has 1 aliphatic rings. The first kappa shape index (κ1) is 11.4. The van der Waals surface area contributed by atoms with Crippen molar-refractivity contribution in [2.45, 2.75) is 6.92 Å². The number of aryl methyl sites for hydroxylation is 1. The highest BCUT2D eigenvalue weighted by molar-refractivity contribution is 5.76. The normalized spacial score (nSPS) is 16.1. The van der Waals surface area contributed by atoms with E-state index < -0.39 is 6.09 Å². The number of hydrogen-bond donors (Lipinski definition) is 1. The number of hydrogen-bond acceptors (Lipinski definition) is 3. The first-order chi connectivity index (χ1) is 8.08. The average molecular weight is 238 g/mol. The Morgan fingerprint density at radius 2 is 1.82 bits per heavy atom. The summed E-state index contributed by atoms with van der Waals surface area (Å²) in [6.07, 6.45) is 2.34. The molecule has 0 atom stereocenters. The number of rotatable bonds is 0. The number of aromatic nitrogens is 2. The lowest BCUT2D eigenvalue weighted by Gasteiger charge is -2.32. The molecule has 1 aromatic heterocycles. The summed E-state index contributed by atoms with van der Waals surface area (Å²) in [6.45, 7) is 3.37. The first-order valence-corrected chi connectivity index (χ1v) is 5.36. The van der Waals surface area contributed by atoms with Crippen molar-refractivity contribution in [3.8, 4) is 0 Å². The van der Waals surface area contributed by atoms with Gasteiger partial charge in [0.1, 0.15) is 0 Å². The zero-order chi connectivity index (χ0) is 12.4. The topological polar surface area (TPSA) is 78.7 Å². The molecule has 1 aliphatic heterocycles. The van der Waals surface area contributed by atoms with Gasteiger partial charge in [0.2, 0.25) is 0 Å². The lowest BCUT2D eigenvalue weighted by atomic mass is 10.3. The average Bonchev–Trinajstić information content (AvgIpc) is 2.75. The van der Waals surface area contributed by atoms with E-state index in [1.165, 1.54) is 9.58 Å². The van der Waals surface area contributed by atoms with Gasteiger partial charge in [0.15, 0.2) is 0 Å². The van der Waals surface area contributed by atoms with Gasteiger partial charge in [-0.1, -0.05) is 0 Å². The van der Waals surface area contributed by atoms with Crippen molar-refractivity contribution in [2.75, 3.05) is 26.2 Å². The van der Waals surface area contributed by atoms with E-state index in [0.29, 0.717) is 26.2 Å². The van der Waals surface area contributed by atoms with Gasteiger partial charge in [0.25, 0.3) is 0 Å². The van der Waals surface area contributed by atoms with E-state index >= 15 is 0 Å². The molecule has 0 saturated carbocycles. The first-order valence-electron chi connectivity index (χ1n) is 5.36. The third kappa shape index (κ3) is 2.38. The van der Waals surface area contributed by atoms with Gasteiger partial charge in [0.05, 0.1) is 6.20 Å². The molecule has 0 radical (unpaired) electrons. The zero-order valence-electron chi connectivity index (χ0n) is 9.54. The molecule has 0 spiro atoms. The Morgan fingerprint density at radius 1 is 1.24 bits per heavy atom. The fraction of sp³-hybridized carbons (Fsp3) is 0.500. The summed E-state index contributed by atoms with van der Waals surface area (Å²) in [7, 11) is 0.